The first-order valence-corrected chi connectivity index (χ1v) is 5.74. The number of nitrogens with zero attached hydrogens (tertiary/aromatic N) is 2. The van der Waals surface area contributed by atoms with Crippen LogP contribution in [0.15, 0.2) is 29.4 Å². The van der Waals surface area contributed by atoms with Gasteiger partial charge in [-0.05, 0) is 25.0 Å². The van der Waals surface area contributed by atoms with Crippen LogP contribution in [0.5, 0.6) is 0 Å². The fourth-order valence-corrected chi connectivity index (χ4v) is 1.65. The van der Waals surface area contributed by atoms with Crippen LogP contribution < -0.4 is 16.0 Å². The van der Waals surface area contributed by atoms with Gasteiger partial charge in [0.2, 0.25) is 0 Å². The fourth-order valence-electron chi connectivity index (χ4n) is 1.65. The lowest BCUT2D eigenvalue weighted by Crippen LogP contribution is -2.39. The lowest BCUT2D eigenvalue weighted by Gasteiger charge is -2.20. The molecule has 0 heterocycles. The molecule has 1 fully saturated rings. The maximum atomic E-state index is 11.9. The molecule has 2 rings (SSSR count). The van der Waals surface area contributed by atoms with Crippen LogP contribution in [0, 0.1) is 0 Å². The lowest BCUT2D eigenvalue weighted by atomic mass is 10.1. The zero-order valence-corrected chi connectivity index (χ0v) is 10.1. The number of oxime groups is 1. The number of nitrogens with one attached hydrogen (secondary N) is 1. The van der Waals surface area contributed by atoms with E-state index in [9.17, 15) is 4.79 Å². The van der Waals surface area contributed by atoms with Crippen molar-refractivity contribution in [2.45, 2.75) is 18.9 Å². The second-order valence-electron chi connectivity index (χ2n) is 4.29. The third-order valence-corrected chi connectivity index (χ3v) is 2.86. The van der Waals surface area contributed by atoms with Crippen LogP contribution in [0.4, 0.5) is 10.5 Å². The summed E-state index contributed by atoms with van der Waals surface area (Å²) >= 11 is 0. The summed E-state index contributed by atoms with van der Waals surface area (Å²) in [4.78, 5) is 13.4. The molecule has 2 amide bonds. The first-order chi connectivity index (χ1) is 8.63. The highest BCUT2D eigenvalue weighted by Crippen LogP contribution is 2.22. The Bertz CT molecular complexity index is 483. The minimum absolute atomic E-state index is 0.0170. The predicted octanol–water partition coefficient (Wildman–Crippen LogP) is 1.09. The summed E-state index contributed by atoms with van der Waals surface area (Å²) in [5.41, 5.74) is 6.71. The zero-order chi connectivity index (χ0) is 13.1. The van der Waals surface area contributed by atoms with Gasteiger partial charge in [-0.25, -0.2) is 4.79 Å². The smallest absolute Gasteiger partial charge is 0.321 e. The molecule has 1 aromatic rings. The van der Waals surface area contributed by atoms with Gasteiger partial charge in [0.25, 0.3) is 0 Å². The van der Waals surface area contributed by atoms with Gasteiger partial charge >= 0.3 is 6.03 Å². The van der Waals surface area contributed by atoms with E-state index in [1.54, 1.807) is 31.3 Å². The summed E-state index contributed by atoms with van der Waals surface area (Å²) in [5, 5.41) is 14.6. The number of anilines is 1. The first-order valence-electron chi connectivity index (χ1n) is 5.74. The fraction of sp³-hybridized carbons (Fsp3) is 0.333. The van der Waals surface area contributed by atoms with E-state index >= 15 is 0 Å². The normalized spacial score (nSPS) is 15.3. The number of hydrogen-bond acceptors (Lipinski definition) is 3. The van der Waals surface area contributed by atoms with Crippen LogP contribution in [0.2, 0.25) is 0 Å². The van der Waals surface area contributed by atoms with Crippen molar-refractivity contribution in [3.63, 3.8) is 0 Å². The van der Waals surface area contributed by atoms with Crippen molar-refractivity contribution in [3.8, 4) is 0 Å². The highest BCUT2D eigenvalue weighted by molar-refractivity contribution is 6.05. The van der Waals surface area contributed by atoms with Gasteiger partial charge < -0.3 is 16.3 Å². The average Bonchev–Trinajstić information content (AvgIpc) is 3.20. The Morgan fingerprint density at radius 1 is 1.50 bits per heavy atom. The monoisotopic (exact) mass is 248 g/mol. The van der Waals surface area contributed by atoms with E-state index in [0.29, 0.717) is 11.3 Å². The summed E-state index contributed by atoms with van der Waals surface area (Å²) in [5.74, 6) is -0.0170. The van der Waals surface area contributed by atoms with Gasteiger partial charge in [-0.1, -0.05) is 17.3 Å². The molecular weight excluding hydrogens is 232 g/mol. The Labute approximate surface area is 105 Å². The molecule has 96 valence electrons. The molecule has 0 aliphatic heterocycles. The van der Waals surface area contributed by atoms with Gasteiger partial charge in [-0.15, -0.1) is 0 Å². The minimum atomic E-state index is -0.185. The van der Waals surface area contributed by atoms with Gasteiger partial charge in [-0.3, -0.25) is 4.90 Å². The quantitative estimate of drug-likeness (QED) is 0.323. The summed E-state index contributed by atoms with van der Waals surface area (Å²) in [6.45, 7) is 0. The van der Waals surface area contributed by atoms with Crippen molar-refractivity contribution in [2.24, 2.45) is 10.9 Å². The lowest BCUT2D eigenvalue weighted by molar-refractivity contribution is 0.247. The molecule has 0 saturated heterocycles. The maximum Gasteiger partial charge on any atom is 0.321 e. The van der Waals surface area contributed by atoms with Crippen molar-refractivity contribution in [2.75, 3.05) is 11.9 Å². The van der Waals surface area contributed by atoms with Crippen LogP contribution in [-0.4, -0.2) is 30.2 Å². The molecule has 6 heteroatoms. The van der Waals surface area contributed by atoms with E-state index in [1.807, 2.05) is 0 Å². The van der Waals surface area contributed by atoms with Crippen molar-refractivity contribution in [3.05, 3.63) is 29.8 Å². The Hall–Kier alpha value is -2.24. The minimum Gasteiger partial charge on any atom is -0.409 e. The van der Waals surface area contributed by atoms with Crippen LogP contribution >= 0.6 is 0 Å². The molecule has 18 heavy (non-hydrogen) atoms. The first kappa shape index (κ1) is 12.2. The summed E-state index contributed by atoms with van der Waals surface area (Å²) in [6.07, 6.45) is 2.06. The molecular formula is C12H16N4O2. The number of amides is 2. The molecule has 4 N–H and O–H groups in total. The van der Waals surface area contributed by atoms with Gasteiger partial charge in [0.05, 0.1) is 5.69 Å². The Morgan fingerprint density at radius 2 is 2.17 bits per heavy atom. The van der Waals surface area contributed by atoms with Crippen LogP contribution in [-0.2, 0) is 0 Å². The SMILES string of the molecule is CN(C(=O)NC1CC1)c1ccccc1C(N)=NO. The van der Waals surface area contributed by atoms with Crippen molar-refractivity contribution in [1.29, 1.82) is 0 Å². The number of carbonyl (C=O) groups excluding carboxylic acids is 1. The molecule has 1 aromatic carbocycles. The van der Waals surface area contributed by atoms with Crippen LogP contribution in [0.25, 0.3) is 0 Å². The summed E-state index contributed by atoms with van der Waals surface area (Å²) in [6, 6.07) is 7.12. The van der Waals surface area contributed by atoms with Crippen LogP contribution in [0.3, 0.4) is 0 Å². The van der Waals surface area contributed by atoms with E-state index in [0.717, 1.165) is 12.8 Å². The third kappa shape index (κ3) is 2.53. The van der Waals surface area contributed by atoms with E-state index in [4.69, 9.17) is 10.9 Å². The van der Waals surface area contributed by atoms with E-state index < -0.39 is 0 Å². The van der Waals surface area contributed by atoms with E-state index in [1.165, 1.54) is 4.90 Å². The predicted molar refractivity (Wildman–Crippen MR) is 68.9 cm³/mol. The number of carbonyl (C=O) groups is 1. The number of urea groups is 1. The number of benzene rings is 1. The molecule has 0 bridgehead atoms. The second-order valence-corrected chi connectivity index (χ2v) is 4.29. The highest BCUT2D eigenvalue weighted by atomic mass is 16.4. The van der Waals surface area contributed by atoms with Gasteiger partial charge in [0.1, 0.15) is 0 Å². The zero-order valence-electron chi connectivity index (χ0n) is 10.1. The molecule has 0 spiro atoms. The number of rotatable bonds is 3. The van der Waals surface area contributed by atoms with Gasteiger partial charge in [-0.2, -0.15) is 0 Å². The molecule has 0 radical (unpaired) electrons. The average molecular weight is 248 g/mol. The topological polar surface area (TPSA) is 91.0 Å². The number of amidine groups is 1. The van der Waals surface area contributed by atoms with Crippen molar-refractivity contribution in [1.82, 2.24) is 5.32 Å². The number of nitrogens with two attached hydrogens (primary N) is 1. The Kier molecular flexibility index (Phi) is 3.36. The Balaban J connectivity index is 2.23. The van der Waals surface area contributed by atoms with Crippen molar-refractivity contribution >= 4 is 17.6 Å². The number of hydrogen-bond donors (Lipinski definition) is 3. The standard InChI is InChI=1S/C12H16N4O2/c1-16(12(17)14-8-6-7-8)10-5-3-2-4-9(10)11(13)15-18/h2-5,8,18H,6-7H2,1H3,(H2,13,15)(H,14,17). The highest BCUT2D eigenvalue weighted by Gasteiger charge is 2.26. The molecule has 1 aliphatic rings. The second kappa shape index (κ2) is 4.95. The van der Waals surface area contributed by atoms with Crippen LogP contribution in [0.1, 0.15) is 18.4 Å². The maximum absolute atomic E-state index is 11.9. The van der Waals surface area contributed by atoms with Gasteiger partial charge in [0.15, 0.2) is 5.84 Å². The molecule has 6 nitrogen and oxygen atoms in total. The summed E-state index contributed by atoms with van der Waals surface area (Å²) < 4.78 is 0. The largest absolute Gasteiger partial charge is 0.409 e. The molecule has 0 aromatic heterocycles. The van der Waals surface area contributed by atoms with Gasteiger partial charge in [0, 0.05) is 18.7 Å². The third-order valence-electron chi connectivity index (χ3n) is 2.86. The molecule has 0 unspecified atom stereocenters. The molecule has 0 atom stereocenters. The van der Waals surface area contributed by atoms with E-state index in [2.05, 4.69) is 10.5 Å². The number of para-hydroxylation sites is 1. The molecule has 1 aliphatic carbocycles. The molecule has 1 saturated carbocycles. The van der Waals surface area contributed by atoms with Crippen molar-refractivity contribution < 1.29 is 10.0 Å². The Morgan fingerprint density at radius 3 is 2.78 bits per heavy atom. The summed E-state index contributed by atoms with van der Waals surface area (Å²) in [7, 11) is 1.65. The van der Waals surface area contributed by atoms with E-state index in [-0.39, 0.29) is 17.9 Å².